The molecule has 0 radical (unpaired) electrons. The monoisotopic (exact) mass is 446 g/mol. The van der Waals surface area contributed by atoms with Crippen molar-refractivity contribution in [2.24, 2.45) is 0 Å². The Bertz CT molecular complexity index is 1270. The molecule has 32 heavy (non-hydrogen) atoms. The maximum absolute atomic E-state index is 13.0. The molecule has 2 aromatic heterocycles. The highest BCUT2D eigenvalue weighted by Crippen LogP contribution is 2.34. The molecule has 1 saturated heterocycles. The van der Waals surface area contributed by atoms with Crippen LogP contribution in [0.4, 0.5) is 0 Å². The number of thiazole rings is 1. The number of nitrogens with zero attached hydrogens (tertiary/aromatic N) is 4. The van der Waals surface area contributed by atoms with Crippen molar-refractivity contribution >= 4 is 28.2 Å². The predicted molar refractivity (Wildman–Crippen MR) is 128 cm³/mol. The van der Waals surface area contributed by atoms with Gasteiger partial charge in [-0.2, -0.15) is 0 Å². The van der Waals surface area contributed by atoms with Gasteiger partial charge in [0, 0.05) is 19.1 Å². The van der Waals surface area contributed by atoms with E-state index in [2.05, 4.69) is 54.3 Å². The topological polar surface area (TPSA) is 62.5 Å². The molecular weight excluding hydrogens is 420 g/mol. The van der Waals surface area contributed by atoms with Crippen molar-refractivity contribution in [3.05, 3.63) is 59.1 Å². The highest BCUT2D eigenvalue weighted by molar-refractivity contribution is 7.17. The average molecular weight is 447 g/mol. The highest BCUT2D eigenvalue weighted by Gasteiger charge is 2.26. The number of aryl methyl sites for hydroxylation is 1. The first-order chi connectivity index (χ1) is 15.5. The lowest BCUT2D eigenvalue weighted by molar-refractivity contribution is 0.0668. The lowest BCUT2D eigenvalue weighted by atomic mass is 10.00. The molecule has 4 aromatic rings. The number of benzene rings is 2. The normalized spacial score (nSPS) is 15.1. The Balaban J connectivity index is 1.38. The molecule has 6 nitrogen and oxygen atoms in total. The summed E-state index contributed by atoms with van der Waals surface area (Å²) >= 11 is 1.38. The second-order valence-corrected chi connectivity index (χ2v) is 9.60. The fraction of sp³-hybridized carbons (Fsp3) is 0.320. The molecule has 1 aliphatic rings. The zero-order valence-electron chi connectivity index (χ0n) is 18.5. The first-order valence-corrected chi connectivity index (χ1v) is 11.7. The molecule has 0 N–H and O–H groups in total. The van der Waals surface area contributed by atoms with E-state index in [9.17, 15) is 4.79 Å². The van der Waals surface area contributed by atoms with Crippen molar-refractivity contribution in [2.75, 3.05) is 27.2 Å². The smallest absolute Gasteiger partial charge is 0.265 e. The first-order valence-electron chi connectivity index (χ1n) is 10.9. The molecular formula is C25H26N4O2S. The van der Waals surface area contributed by atoms with Crippen LogP contribution >= 0.6 is 11.3 Å². The van der Waals surface area contributed by atoms with Crippen molar-refractivity contribution in [3.63, 3.8) is 0 Å². The molecule has 0 unspecified atom stereocenters. The second-order valence-electron chi connectivity index (χ2n) is 8.57. The molecule has 0 aliphatic carbocycles. The molecule has 1 aliphatic heterocycles. The van der Waals surface area contributed by atoms with Crippen LogP contribution in [-0.2, 0) is 0 Å². The number of amides is 1. The summed E-state index contributed by atoms with van der Waals surface area (Å²) in [6.45, 7) is 3.66. The molecule has 2 aromatic carbocycles. The summed E-state index contributed by atoms with van der Waals surface area (Å²) in [6, 6.07) is 14.9. The maximum Gasteiger partial charge on any atom is 0.265 e. The zero-order chi connectivity index (χ0) is 22.2. The molecule has 1 fully saturated rings. The van der Waals surface area contributed by atoms with Crippen LogP contribution in [-0.4, -0.2) is 59.1 Å². The van der Waals surface area contributed by atoms with Crippen molar-refractivity contribution in [2.45, 2.75) is 25.8 Å². The zero-order valence-corrected chi connectivity index (χ0v) is 19.4. The standard InChI is InChI=1S/C25H26N4O2S/c1-16-6-4-5-7-19(16)17-8-9-20-21(14-17)31-27-23(20)24-26-15-22(32-24)25(30)29-12-10-18(11-13-29)28(2)3/h4-9,14-15,18H,10-13H2,1-3H3. The average Bonchev–Trinajstić information content (AvgIpc) is 3.45. The molecule has 0 bridgehead atoms. The molecule has 0 atom stereocenters. The van der Waals surface area contributed by atoms with E-state index in [0.717, 1.165) is 42.5 Å². The summed E-state index contributed by atoms with van der Waals surface area (Å²) < 4.78 is 5.64. The van der Waals surface area contributed by atoms with E-state index in [4.69, 9.17) is 4.52 Å². The predicted octanol–water partition coefficient (Wildman–Crippen LogP) is 5.09. The lowest BCUT2D eigenvalue weighted by Crippen LogP contribution is -2.44. The van der Waals surface area contributed by atoms with Gasteiger partial charge in [0.25, 0.3) is 5.91 Å². The molecule has 5 rings (SSSR count). The van der Waals surface area contributed by atoms with E-state index in [1.54, 1.807) is 6.20 Å². The van der Waals surface area contributed by atoms with Crippen LogP contribution in [0.25, 0.3) is 32.8 Å². The summed E-state index contributed by atoms with van der Waals surface area (Å²) in [5, 5.41) is 5.89. The van der Waals surface area contributed by atoms with Gasteiger partial charge in [-0.3, -0.25) is 4.79 Å². The largest absolute Gasteiger partial charge is 0.356 e. The van der Waals surface area contributed by atoms with Gasteiger partial charge in [-0.25, -0.2) is 4.98 Å². The third-order valence-electron chi connectivity index (χ3n) is 6.33. The number of carbonyl (C=O) groups excluding carboxylic acids is 1. The van der Waals surface area contributed by atoms with Gasteiger partial charge in [0.2, 0.25) is 0 Å². The summed E-state index contributed by atoms with van der Waals surface area (Å²) in [7, 11) is 4.20. The van der Waals surface area contributed by atoms with E-state index >= 15 is 0 Å². The lowest BCUT2D eigenvalue weighted by Gasteiger charge is -2.34. The Kier molecular flexibility index (Phi) is 5.53. The summed E-state index contributed by atoms with van der Waals surface area (Å²) in [5.41, 5.74) is 4.88. The minimum Gasteiger partial charge on any atom is -0.356 e. The number of hydrogen-bond acceptors (Lipinski definition) is 6. The number of rotatable bonds is 4. The SMILES string of the molecule is Cc1ccccc1-c1ccc2c(-c3ncc(C(=O)N4CCC(N(C)C)CC4)s3)noc2c1. The molecule has 0 spiro atoms. The Morgan fingerprint density at radius 3 is 2.69 bits per heavy atom. The Hall–Kier alpha value is -3.03. The Labute approximate surface area is 191 Å². The summed E-state index contributed by atoms with van der Waals surface area (Å²) in [5.74, 6) is 0.0561. The van der Waals surface area contributed by atoms with E-state index in [1.165, 1.54) is 22.5 Å². The van der Waals surface area contributed by atoms with Gasteiger partial charge in [0.05, 0.1) is 11.6 Å². The van der Waals surface area contributed by atoms with Crippen molar-refractivity contribution in [1.82, 2.24) is 19.9 Å². The molecule has 164 valence electrons. The van der Waals surface area contributed by atoms with E-state index in [-0.39, 0.29) is 5.91 Å². The van der Waals surface area contributed by atoms with Gasteiger partial charge < -0.3 is 14.3 Å². The fourth-order valence-corrected chi connectivity index (χ4v) is 5.26. The molecule has 3 heterocycles. The van der Waals surface area contributed by atoms with Gasteiger partial charge in [-0.1, -0.05) is 35.5 Å². The van der Waals surface area contributed by atoms with Gasteiger partial charge in [-0.15, -0.1) is 11.3 Å². The van der Waals surface area contributed by atoms with Crippen LogP contribution in [0.1, 0.15) is 28.1 Å². The molecule has 1 amide bonds. The number of fused-ring (bicyclic) bond motifs is 1. The Morgan fingerprint density at radius 2 is 1.94 bits per heavy atom. The third kappa shape index (κ3) is 3.82. The number of aromatic nitrogens is 2. The molecule has 0 saturated carbocycles. The van der Waals surface area contributed by atoms with Crippen LogP contribution in [0.2, 0.25) is 0 Å². The quantitative estimate of drug-likeness (QED) is 0.437. The highest BCUT2D eigenvalue weighted by atomic mass is 32.1. The van der Waals surface area contributed by atoms with Gasteiger partial charge >= 0.3 is 0 Å². The minimum atomic E-state index is 0.0561. The van der Waals surface area contributed by atoms with E-state index < -0.39 is 0 Å². The van der Waals surface area contributed by atoms with E-state index in [1.807, 2.05) is 29.2 Å². The number of piperidine rings is 1. The van der Waals surface area contributed by atoms with Crippen LogP contribution in [0.5, 0.6) is 0 Å². The van der Waals surface area contributed by atoms with Crippen LogP contribution in [0.3, 0.4) is 0 Å². The van der Waals surface area contributed by atoms with Gasteiger partial charge in [0.1, 0.15) is 15.6 Å². The number of likely N-dealkylation sites (tertiary alicyclic amines) is 1. The van der Waals surface area contributed by atoms with Crippen molar-refractivity contribution in [3.8, 4) is 21.8 Å². The maximum atomic E-state index is 13.0. The summed E-state index contributed by atoms with van der Waals surface area (Å²) in [4.78, 5) is 22.3. The van der Waals surface area contributed by atoms with Crippen LogP contribution < -0.4 is 0 Å². The second kappa shape index (κ2) is 8.48. The fourth-order valence-electron chi connectivity index (χ4n) is 4.38. The Morgan fingerprint density at radius 1 is 1.16 bits per heavy atom. The first kappa shape index (κ1) is 20.8. The van der Waals surface area contributed by atoms with Crippen molar-refractivity contribution in [1.29, 1.82) is 0 Å². The van der Waals surface area contributed by atoms with Crippen LogP contribution in [0, 0.1) is 6.92 Å². The van der Waals surface area contributed by atoms with Crippen molar-refractivity contribution < 1.29 is 9.32 Å². The minimum absolute atomic E-state index is 0.0561. The molecule has 7 heteroatoms. The number of carbonyl (C=O) groups is 1. The summed E-state index contributed by atoms with van der Waals surface area (Å²) in [6.07, 6.45) is 3.67. The number of hydrogen-bond donors (Lipinski definition) is 0. The third-order valence-corrected chi connectivity index (χ3v) is 7.32. The van der Waals surface area contributed by atoms with Gasteiger partial charge in [-0.05, 0) is 62.7 Å². The van der Waals surface area contributed by atoms with Gasteiger partial charge in [0.15, 0.2) is 5.58 Å². The van der Waals surface area contributed by atoms with Crippen LogP contribution in [0.15, 0.2) is 53.2 Å². The van der Waals surface area contributed by atoms with E-state index in [0.29, 0.717) is 21.6 Å².